The van der Waals surface area contributed by atoms with Gasteiger partial charge in [0.25, 0.3) is 0 Å². The van der Waals surface area contributed by atoms with Gasteiger partial charge in [0.15, 0.2) is 15.8 Å². The second-order valence-corrected chi connectivity index (χ2v) is 9.50. The quantitative estimate of drug-likeness (QED) is 0.274. The van der Waals surface area contributed by atoms with E-state index in [9.17, 15) is 13.2 Å². The van der Waals surface area contributed by atoms with Gasteiger partial charge in [-0.25, -0.2) is 4.98 Å². The van der Waals surface area contributed by atoms with Crippen LogP contribution >= 0.6 is 34.5 Å². The second kappa shape index (κ2) is 9.65. The fourth-order valence-electron chi connectivity index (χ4n) is 3.56. The molecule has 5 rings (SSSR count). The maximum atomic E-state index is 13.0. The molecule has 0 spiro atoms. The Hall–Kier alpha value is -2.86. The van der Waals surface area contributed by atoms with E-state index in [1.165, 1.54) is 23.5 Å². The topological polar surface area (TPSA) is 78.0 Å². The highest BCUT2D eigenvalue weighted by Gasteiger charge is 2.30. The second-order valence-electron chi connectivity index (χ2n) is 7.70. The van der Waals surface area contributed by atoms with E-state index in [0.717, 1.165) is 38.3 Å². The first-order valence-corrected chi connectivity index (χ1v) is 12.1. The van der Waals surface area contributed by atoms with Crippen LogP contribution in [-0.4, -0.2) is 41.1 Å². The lowest BCUT2D eigenvalue weighted by Gasteiger charge is -2.27. The van der Waals surface area contributed by atoms with Gasteiger partial charge in [-0.3, -0.25) is 0 Å². The zero-order valence-corrected chi connectivity index (χ0v) is 20.3. The molecule has 1 saturated heterocycles. The normalized spacial score (nSPS) is 14.4. The minimum atomic E-state index is -4.41. The number of rotatable bonds is 5. The van der Waals surface area contributed by atoms with Gasteiger partial charge in [-0.1, -0.05) is 40.6 Å². The summed E-state index contributed by atoms with van der Waals surface area (Å²) in [6, 6.07) is 9.92. The maximum absolute atomic E-state index is 13.0. The van der Waals surface area contributed by atoms with E-state index in [2.05, 4.69) is 25.9 Å². The zero-order valence-electron chi connectivity index (χ0n) is 18.0. The number of thiazole rings is 1. The van der Waals surface area contributed by atoms with Crippen molar-refractivity contribution in [1.29, 1.82) is 0 Å². The summed E-state index contributed by atoms with van der Waals surface area (Å²) in [5.41, 5.74) is 0.706. The largest absolute Gasteiger partial charge is 0.416 e. The van der Waals surface area contributed by atoms with E-state index in [-0.39, 0.29) is 0 Å². The van der Waals surface area contributed by atoms with Gasteiger partial charge in [0.2, 0.25) is 5.95 Å². The summed E-state index contributed by atoms with van der Waals surface area (Å²) in [4.78, 5) is 16.6. The summed E-state index contributed by atoms with van der Waals surface area (Å²) < 4.78 is 38.9. The fraction of sp³-hybridized carbons (Fsp3) is 0.227. The highest BCUT2D eigenvalue weighted by Crippen LogP contribution is 2.38. The number of piperazine rings is 1. The van der Waals surface area contributed by atoms with Crippen molar-refractivity contribution in [2.24, 2.45) is 0 Å². The molecule has 0 atom stereocenters. The lowest BCUT2D eigenvalue weighted by atomic mass is 10.2. The number of nitrogens with one attached hydrogen (secondary N) is 3. The van der Waals surface area contributed by atoms with Gasteiger partial charge in [0, 0.05) is 31.9 Å². The van der Waals surface area contributed by atoms with Crippen molar-refractivity contribution in [3.8, 4) is 0 Å². The van der Waals surface area contributed by atoms with E-state index in [1.807, 2.05) is 4.90 Å². The first-order chi connectivity index (χ1) is 16.8. The molecule has 2 aromatic heterocycles. The van der Waals surface area contributed by atoms with Gasteiger partial charge in [-0.2, -0.15) is 23.1 Å². The molecule has 13 heteroatoms. The van der Waals surface area contributed by atoms with E-state index >= 15 is 0 Å². The van der Waals surface area contributed by atoms with Crippen molar-refractivity contribution >= 4 is 73.2 Å². The SMILES string of the molecule is FC(F)(F)c1ccc(Nc2nc(N3CCNCC3)nc3sc(Nc4c(Cl)cccc4Cl)nc23)cc1. The van der Waals surface area contributed by atoms with Gasteiger partial charge in [0.05, 0.1) is 21.3 Å². The predicted molar refractivity (Wildman–Crippen MR) is 135 cm³/mol. The Kier molecular flexibility index (Phi) is 6.58. The summed E-state index contributed by atoms with van der Waals surface area (Å²) >= 11 is 13.9. The highest BCUT2D eigenvalue weighted by atomic mass is 35.5. The molecule has 0 aliphatic carbocycles. The Morgan fingerprint density at radius 3 is 2.26 bits per heavy atom. The molecule has 7 nitrogen and oxygen atoms in total. The predicted octanol–water partition coefficient (Wildman–Crippen LogP) is 6.31. The number of fused-ring (bicyclic) bond motifs is 1. The molecule has 0 amide bonds. The smallest absolute Gasteiger partial charge is 0.338 e. The number of halogens is 5. The van der Waals surface area contributed by atoms with Crippen LogP contribution in [0.4, 0.5) is 41.4 Å². The summed E-state index contributed by atoms with van der Waals surface area (Å²) in [6.07, 6.45) is -4.41. The maximum Gasteiger partial charge on any atom is 0.416 e. The summed E-state index contributed by atoms with van der Waals surface area (Å²) in [6.45, 7) is 3.04. The molecule has 0 saturated carbocycles. The lowest BCUT2D eigenvalue weighted by molar-refractivity contribution is -0.137. The van der Waals surface area contributed by atoms with E-state index in [1.54, 1.807) is 18.2 Å². The monoisotopic (exact) mass is 539 g/mol. The van der Waals surface area contributed by atoms with Crippen LogP contribution < -0.4 is 20.9 Å². The summed E-state index contributed by atoms with van der Waals surface area (Å²) in [5.74, 6) is 0.900. The van der Waals surface area contributed by atoms with Crippen LogP contribution in [0.3, 0.4) is 0 Å². The standard InChI is InChI=1S/C22H18Cl2F3N7S/c23-14-2-1-3-15(24)16(14)30-21-31-17-18(29-13-6-4-12(5-7-13)22(25,26)27)32-20(33-19(17)35-21)34-10-8-28-9-11-34/h1-7,28H,8-11H2,(H,30,31)(H,29,32,33). The molecule has 1 aliphatic heterocycles. The highest BCUT2D eigenvalue weighted by molar-refractivity contribution is 7.22. The number of para-hydroxylation sites is 1. The molecule has 1 fully saturated rings. The van der Waals surface area contributed by atoms with Crippen molar-refractivity contribution in [1.82, 2.24) is 20.3 Å². The molecule has 3 heterocycles. The molecular formula is C22H18Cl2F3N7S. The number of hydrogen-bond acceptors (Lipinski definition) is 8. The van der Waals surface area contributed by atoms with Crippen molar-refractivity contribution in [3.05, 3.63) is 58.1 Å². The Morgan fingerprint density at radius 1 is 0.914 bits per heavy atom. The third kappa shape index (κ3) is 5.22. The fourth-order valence-corrected chi connectivity index (χ4v) is 4.89. The van der Waals surface area contributed by atoms with Crippen molar-refractivity contribution in [2.45, 2.75) is 6.18 Å². The number of benzene rings is 2. The van der Waals surface area contributed by atoms with E-state index in [0.29, 0.717) is 48.7 Å². The third-order valence-corrected chi connectivity index (χ3v) is 6.81. The van der Waals surface area contributed by atoms with E-state index < -0.39 is 11.7 Å². The van der Waals surface area contributed by atoms with Crippen LogP contribution in [0.15, 0.2) is 42.5 Å². The first-order valence-electron chi connectivity index (χ1n) is 10.6. The van der Waals surface area contributed by atoms with Gasteiger partial charge < -0.3 is 20.9 Å². The zero-order chi connectivity index (χ0) is 24.6. The van der Waals surface area contributed by atoms with Crippen LogP contribution in [-0.2, 0) is 6.18 Å². The van der Waals surface area contributed by atoms with Crippen LogP contribution in [0.2, 0.25) is 10.0 Å². The molecular weight excluding hydrogens is 522 g/mol. The molecule has 3 N–H and O–H groups in total. The molecule has 1 aliphatic rings. The van der Waals surface area contributed by atoms with Gasteiger partial charge >= 0.3 is 6.18 Å². The van der Waals surface area contributed by atoms with Crippen molar-refractivity contribution in [2.75, 3.05) is 41.7 Å². The van der Waals surface area contributed by atoms with E-state index in [4.69, 9.17) is 28.2 Å². The van der Waals surface area contributed by atoms with Gasteiger partial charge in [-0.05, 0) is 36.4 Å². The Labute approximate surface area is 212 Å². The molecule has 182 valence electrons. The first kappa shape index (κ1) is 23.9. The Bertz CT molecular complexity index is 1340. The van der Waals surface area contributed by atoms with Gasteiger partial charge in [-0.15, -0.1) is 0 Å². The van der Waals surface area contributed by atoms with Crippen LogP contribution in [0.25, 0.3) is 10.3 Å². The average Bonchev–Trinajstić information content (AvgIpc) is 3.25. The number of nitrogens with zero attached hydrogens (tertiary/aromatic N) is 4. The van der Waals surface area contributed by atoms with Crippen LogP contribution in [0.5, 0.6) is 0 Å². The third-order valence-electron chi connectivity index (χ3n) is 5.32. The Balaban J connectivity index is 1.53. The van der Waals surface area contributed by atoms with Crippen LogP contribution in [0, 0.1) is 0 Å². The number of anilines is 5. The molecule has 35 heavy (non-hydrogen) atoms. The molecule has 0 radical (unpaired) electrons. The summed E-state index contributed by atoms with van der Waals surface area (Å²) in [7, 11) is 0. The minimum absolute atomic E-state index is 0.387. The number of alkyl halides is 3. The van der Waals surface area contributed by atoms with Gasteiger partial charge in [0.1, 0.15) is 5.52 Å². The minimum Gasteiger partial charge on any atom is -0.338 e. The average molecular weight is 540 g/mol. The number of aromatic nitrogens is 3. The van der Waals surface area contributed by atoms with Crippen molar-refractivity contribution < 1.29 is 13.2 Å². The molecule has 4 aromatic rings. The van der Waals surface area contributed by atoms with Crippen LogP contribution in [0.1, 0.15) is 5.56 Å². The van der Waals surface area contributed by atoms with Crippen molar-refractivity contribution in [3.63, 3.8) is 0 Å². The lowest BCUT2D eigenvalue weighted by Crippen LogP contribution is -2.44. The summed E-state index contributed by atoms with van der Waals surface area (Å²) in [5, 5.41) is 10.9. The molecule has 0 unspecified atom stereocenters. The molecule has 2 aromatic carbocycles. The molecule has 0 bridgehead atoms. The number of hydrogen-bond donors (Lipinski definition) is 3. The Morgan fingerprint density at radius 2 is 1.60 bits per heavy atom.